The average Bonchev–Trinajstić information content (AvgIpc) is 3.07. The number of nitrogens with one attached hydrogen (secondary N) is 1. The second-order valence-electron chi connectivity index (χ2n) is 4.75. The lowest BCUT2D eigenvalue weighted by Gasteiger charge is -1.95. The van der Waals surface area contributed by atoms with E-state index in [2.05, 4.69) is 17.1 Å². The fraction of sp³-hybridized carbons (Fsp3) is 0.400. The van der Waals surface area contributed by atoms with E-state index in [-0.39, 0.29) is 0 Å². The lowest BCUT2D eigenvalue weighted by molar-refractivity contribution is -0.399. The van der Waals surface area contributed by atoms with E-state index in [4.69, 9.17) is 4.74 Å². The smallest absolute Gasteiger partial charge is 0.211 e. The van der Waals surface area contributed by atoms with E-state index in [1.165, 1.54) is 37.5 Å². The van der Waals surface area contributed by atoms with Gasteiger partial charge in [-0.1, -0.05) is 6.42 Å². The van der Waals surface area contributed by atoms with Gasteiger partial charge in [0.05, 0.1) is 7.11 Å². The minimum Gasteiger partial charge on any atom is -0.497 e. The summed E-state index contributed by atoms with van der Waals surface area (Å²) in [5, 5.41) is 1.41. The molecule has 0 saturated carbocycles. The quantitative estimate of drug-likeness (QED) is 0.766. The van der Waals surface area contributed by atoms with Crippen LogP contribution in [0.3, 0.4) is 0 Å². The minimum atomic E-state index is 0.908. The number of fused-ring (bicyclic) bond motifs is 1. The molecule has 2 heteroatoms. The molecule has 2 nitrogen and oxygen atoms in total. The first kappa shape index (κ1) is 10.6. The second kappa shape index (κ2) is 4.36. The number of hydrogen-bond acceptors (Lipinski definition) is 1. The molecule has 0 saturated heterocycles. The first-order chi connectivity index (χ1) is 8.38. The second-order valence-corrected chi connectivity index (χ2v) is 4.75. The Morgan fingerprint density at radius 2 is 1.59 bits per heavy atom. The fourth-order valence-corrected chi connectivity index (χ4v) is 2.57. The Hall–Kier alpha value is -1.57. The summed E-state index contributed by atoms with van der Waals surface area (Å²) in [5.74, 6) is 0.908. The standard InChI is InChI=1S/C15H17NO/c1-17-12-9-7-11(8-10-12)16-15-13-5-3-2-4-6-14(13)15/h7-10H,2-6H2,1H3/p+1. The molecular weight excluding hydrogens is 210 g/mol. The largest absolute Gasteiger partial charge is 0.497 e. The molecule has 0 aromatic heterocycles. The van der Waals surface area contributed by atoms with E-state index in [0.717, 1.165) is 11.4 Å². The lowest BCUT2D eigenvalue weighted by Crippen LogP contribution is -2.68. The normalized spacial score (nSPS) is 15.4. The summed E-state index contributed by atoms with van der Waals surface area (Å²) >= 11 is 0. The summed E-state index contributed by atoms with van der Waals surface area (Å²) in [6, 6.07) is 8.14. The summed E-state index contributed by atoms with van der Waals surface area (Å²) in [7, 11) is 1.70. The van der Waals surface area contributed by atoms with E-state index >= 15 is 0 Å². The van der Waals surface area contributed by atoms with Crippen LogP contribution in [0.4, 0.5) is 5.69 Å². The average molecular weight is 228 g/mol. The van der Waals surface area contributed by atoms with Gasteiger partial charge in [-0.05, 0) is 37.8 Å². The molecule has 0 amide bonds. The Kier molecular flexibility index (Phi) is 2.71. The highest BCUT2D eigenvalue weighted by atomic mass is 16.5. The SMILES string of the molecule is COc1ccc([NH+]=c2c3c2CCCCC3)cc1. The highest BCUT2D eigenvalue weighted by molar-refractivity contribution is 5.39. The van der Waals surface area contributed by atoms with Gasteiger partial charge in [0.1, 0.15) is 5.75 Å². The molecule has 0 bridgehead atoms. The van der Waals surface area contributed by atoms with E-state index in [9.17, 15) is 0 Å². The zero-order valence-electron chi connectivity index (χ0n) is 10.3. The third kappa shape index (κ3) is 2.12. The van der Waals surface area contributed by atoms with Crippen LogP contribution in [0, 0.1) is 0 Å². The van der Waals surface area contributed by atoms with Crippen LogP contribution in [-0.4, -0.2) is 7.11 Å². The molecule has 1 aliphatic rings. The van der Waals surface area contributed by atoms with Gasteiger partial charge in [0, 0.05) is 23.3 Å². The van der Waals surface area contributed by atoms with Gasteiger partial charge in [-0.25, -0.2) is 4.99 Å². The van der Waals surface area contributed by atoms with Crippen LogP contribution < -0.4 is 15.1 Å². The summed E-state index contributed by atoms with van der Waals surface area (Å²) in [5.41, 5.74) is 4.35. The molecule has 1 aliphatic carbocycles. The van der Waals surface area contributed by atoms with E-state index in [0.29, 0.717) is 0 Å². The van der Waals surface area contributed by atoms with Crippen LogP contribution in [0.15, 0.2) is 24.3 Å². The molecule has 0 heterocycles. The van der Waals surface area contributed by atoms with E-state index < -0.39 is 0 Å². The summed E-state index contributed by atoms with van der Waals surface area (Å²) < 4.78 is 5.16. The monoisotopic (exact) mass is 228 g/mol. The molecule has 88 valence electrons. The van der Waals surface area contributed by atoms with Crippen LogP contribution in [0.2, 0.25) is 0 Å². The number of benzene rings is 1. The Morgan fingerprint density at radius 1 is 0.941 bits per heavy atom. The van der Waals surface area contributed by atoms with Crippen molar-refractivity contribution in [3.63, 3.8) is 0 Å². The van der Waals surface area contributed by atoms with Crippen molar-refractivity contribution in [2.75, 3.05) is 7.11 Å². The van der Waals surface area contributed by atoms with Gasteiger partial charge in [-0.3, -0.25) is 0 Å². The maximum atomic E-state index is 5.16. The zero-order chi connectivity index (χ0) is 11.7. The van der Waals surface area contributed by atoms with Gasteiger partial charge in [-0.2, -0.15) is 0 Å². The molecule has 0 atom stereocenters. The fourth-order valence-electron chi connectivity index (χ4n) is 2.57. The number of methoxy groups -OCH3 is 1. The highest BCUT2D eigenvalue weighted by Crippen LogP contribution is 2.20. The molecule has 3 rings (SSSR count). The van der Waals surface area contributed by atoms with Gasteiger partial charge < -0.3 is 4.74 Å². The number of ether oxygens (including phenoxy) is 1. The third-order valence-electron chi connectivity index (χ3n) is 3.62. The molecule has 0 radical (unpaired) electrons. The Morgan fingerprint density at radius 3 is 2.18 bits per heavy atom. The van der Waals surface area contributed by atoms with E-state index in [1.807, 2.05) is 12.1 Å². The van der Waals surface area contributed by atoms with Crippen molar-refractivity contribution in [3.8, 4) is 5.75 Å². The molecule has 17 heavy (non-hydrogen) atoms. The van der Waals surface area contributed by atoms with Crippen molar-refractivity contribution < 1.29 is 9.73 Å². The van der Waals surface area contributed by atoms with Gasteiger partial charge in [0.2, 0.25) is 11.0 Å². The van der Waals surface area contributed by atoms with Crippen molar-refractivity contribution in [2.24, 2.45) is 0 Å². The maximum absolute atomic E-state index is 5.16. The van der Waals surface area contributed by atoms with Crippen LogP contribution >= 0.6 is 0 Å². The third-order valence-corrected chi connectivity index (χ3v) is 3.62. The van der Waals surface area contributed by atoms with Crippen molar-refractivity contribution in [1.29, 1.82) is 0 Å². The van der Waals surface area contributed by atoms with E-state index in [1.54, 1.807) is 18.2 Å². The zero-order valence-corrected chi connectivity index (χ0v) is 10.3. The number of hydrogen-bond donors (Lipinski definition) is 1. The molecule has 1 N–H and O–H groups in total. The van der Waals surface area contributed by atoms with Gasteiger partial charge in [0.15, 0.2) is 0 Å². The van der Waals surface area contributed by atoms with Crippen LogP contribution in [-0.2, 0) is 12.8 Å². The molecule has 0 spiro atoms. The van der Waals surface area contributed by atoms with Crippen molar-refractivity contribution in [2.45, 2.75) is 32.1 Å². The van der Waals surface area contributed by atoms with Crippen molar-refractivity contribution in [1.82, 2.24) is 0 Å². The molecule has 2 aromatic carbocycles. The predicted octanol–water partition coefficient (Wildman–Crippen LogP) is 1.15. The first-order valence-electron chi connectivity index (χ1n) is 6.39. The minimum absolute atomic E-state index is 0.908. The Balaban J connectivity index is 1.84. The Labute approximate surface area is 102 Å². The van der Waals surface area contributed by atoms with Gasteiger partial charge in [0.25, 0.3) is 0 Å². The molecule has 0 fully saturated rings. The van der Waals surface area contributed by atoms with Crippen molar-refractivity contribution >= 4 is 5.69 Å². The number of rotatable bonds is 2. The summed E-state index contributed by atoms with van der Waals surface area (Å²) in [6.45, 7) is 0. The topological polar surface area (TPSA) is 23.2 Å². The van der Waals surface area contributed by atoms with Crippen LogP contribution in [0.5, 0.6) is 5.75 Å². The van der Waals surface area contributed by atoms with Crippen LogP contribution in [0.1, 0.15) is 30.4 Å². The van der Waals surface area contributed by atoms with Gasteiger partial charge >= 0.3 is 0 Å². The van der Waals surface area contributed by atoms with Crippen LogP contribution in [0.25, 0.3) is 0 Å². The van der Waals surface area contributed by atoms with Crippen molar-refractivity contribution in [3.05, 3.63) is 40.7 Å². The first-order valence-corrected chi connectivity index (χ1v) is 6.39. The molecule has 0 unspecified atom stereocenters. The lowest BCUT2D eigenvalue weighted by atomic mass is 10.2. The highest BCUT2D eigenvalue weighted by Gasteiger charge is 2.26. The molecule has 0 aliphatic heterocycles. The Bertz CT molecular complexity index is 508. The summed E-state index contributed by atoms with van der Waals surface area (Å²) in [4.78, 5) is 3.52. The summed E-state index contributed by atoms with van der Waals surface area (Å²) in [6.07, 6.45) is 6.64. The molecule has 2 aromatic rings. The molecular formula is C15H18NO+. The predicted molar refractivity (Wildman–Crippen MR) is 66.8 cm³/mol. The maximum Gasteiger partial charge on any atom is 0.211 e. The van der Waals surface area contributed by atoms with Gasteiger partial charge in [-0.15, -0.1) is 0 Å².